The summed E-state index contributed by atoms with van der Waals surface area (Å²) in [4.78, 5) is 2.40. The minimum atomic E-state index is 0.457. The second-order valence-electron chi connectivity index (χ2n) is 5.38. The fraction of sp³-hybridized carbons (Fsp3) is 1.00. The van der Waals surface area contributed by atoms with Gasteiger partial charge < -0.3 is 15.0 Å². The normalized spacial score (nSPS) is 33.6. The lowest BCUT2D eigenvalue weighted by molar-refractivity contribution is 0.00341. The van der Waals surface area contributed by atoms with Gasteiger partial charge in [-0.15, -0.1) is 0 Å². The summed E-state index contributed by atoms with van der Waals surface area (Å²) in [5.41, 5.74) is 0.457. The molecule has 0 atom stereocenters. The molecule has 15 heavy (non-hydrogen) atoms. The predicted octanol–water partition coefficient (Wildman–Crippen LogP) is 1.24. The number of likely N-dealkylation sites (N-methyl/N-ethyl adjacent to an activating group) is 1. The summed E-state index contributed by atoms with van der Waals surface area (Å²) in [7, 11) is 6.23. The third-order valence-electron chi connectivity index (χ3n) is 4.38. The van der Waals surface area contributed by atoms with Gasteiger partial charge >= 0.3 is 0 Å². The van der Waals surface area contributed by atoms with Gasteiger partial charge in [0, 0.05) is 25.2 Å². The first-order chi connectivity index (χ1) is 7.16. The summed E-state index contributed by atoms with van der Waals surface area (Å²) in [6.45, 7) is 1.15. The van der Waals surface area contributed by atoms with Gasteiger partial charge in [-0.05, 0) is 46.2 Å². The van der Waals surface area contributed by atoms with Gasteiger partial charge in [0.05, 0.1) is 6.10 Å². The summed E-state index contributed by atoms with van der Waals surface area (Å²) in [6, 6.07) is 0.701. The van der Waals surface area contributed by atoms with Crippen LogP contribution in [0.15, 0.2) is 0 Å². The van der Waals surface area contributed by atoms with Crippen molar-refractivity contribution in [2.24, 2.45) is 0 Å². The topological polar surface area (TPSA) is 24.5 Å². The van der Waals surface area contributed by atoms with Crippen LogP contribution in [0, 0.1) is 0 Å². The van der Waals surface area contributed by atoms with Gasteiger partial charge in [0.2, 0.25) is 0 Å². The first-order valence-electron chi connectivity index (χ1n) is 6.10. The van der Waals surface area contributed by atoms with Crippen LogP contribution in [0.25, 0.3) is 0 Å². The minimum Gasteiger partial charge on any atom is -0.381 e. The molecule has 0 amide bonds. The van der Waals surface area contributed by atoms with Crippen molar-refractivity contribution in [3.63, 3.8) is 0 Å². The molecule has 2 aliphatic rings. The molecular weight excluding hydrogens is 188 g/mol. The Morgan fingerprint density at radius 1 is 1.33 bits per heavy atom. The van der Waals surface area contributed by atoms with Crippen molar-refractivity contribution in [3.05, 3.63) is 0 Å². The van der Waals surface area contributed by atoms with E-state index in [0.717, 1.165) is 6.54 Å². The molecule has 88 valence electrons. The third kappa shape index (κ3) is 2.19. The second kappa shape index (κ2) is 4.40. The van der Waals surface area contributed by atoms with Crippen molar-refractivity contribution in [2.75, 3.05) is 27.7 Å². The van der Waals surface area contributed by atoms with E-state index in [0.29, 0.717) is 17.7 Å². The van der Waals surface area contributed by atoms with Crippen molar-refractivity contribution in [3.8, 4) is 0 Å². The van der Waals surface area contributed by atoms with Crippen molar-refractivity contribution < 1.29 is 4.74 Å². The van der Waals surface area contributed by atoms with Crippen molar-refractivity contribution >= 4 is 0 Å². The van der Waals surface area contributed by atoms with Crippen LogP contribution in [0.4, 0.5) is 0 Å². The molecule has 0 aromatic heterocycles. The Hall–Kier alpha value is -0.120. The first-order valence-corrected chi connectivity index (χ1v) is 6.10. The van der Waals surface area contributed by atoms with Gasteiger partial charge in [-0.2, -0.15) is 0 Å². The van der Waals surface area contributed by atoms with Gasteiger partial charge in [-0.25, -0.2) is 0 Å². The Kier molecular flexibility index (Phi) is 3.33. The van der Waals surface area contributed by atoms with E-state index in [9.17, 15) is 0 Å². The zero-order valence-electron chi connectivity index (χ0n) is 10.3. The Morgan fingerprint density at radius 3 is 2.40 bits per heavy atom. The third-order valence-corrected chi connectivity index (χ3v) is 4.38. The highest BCUT2D eigenvalue weighted by Crippen LogP contribution is 2.36. The first kappa shape index (κ1) is 11.4. The maximum Gasteiger partial charge on any atom is 0.0601 e. The number of ether oxygens (including phenoxy) is 1. The highest BCUT2D eigenvalue weighted by Gasteiger charge is 2.40. The fourth-order valence-corrected chi connectivity index (χ4v) is 2.63. The van der Waals surface area contributed by atoms with Crippen LogP contribution in [-0.2, 0) is 4.74 Å². The number of hydrogen-bond donors (Lipinski definition) is 1. The molecule has 0 bridgehead atoms. The summed E-state index contributed by atoms with van der Waals surface area (Å²) in [5.74, 6) is 0. The van der Waals surface area contributed by atoms with Crippen LogP contribution in [-0.4, -0.2) is 50.3 Å². The highest BCUT2D eigenvalue weighted by atomic mass is 16.5. The number of nitrogens with one attached hydrogen (secondary N) is 1. The number of hydrogen-bond acceptors (Lipinski definition) is 3. The monoisotopic (exact) mass is 212 g/mol. The number of nitrogens with zero attached hydrogens (tertiary/aromatic N) is 1. The van der Waals surface area contributed by atoms with E-state index in [1.165, 1.54) is 32.1 Å². The van der Waals surface area contributed by atoms with Gasteiger partial charge in [-0.3, -0.25) is 0 Å². The molecule has 3 heteroatoms. The lowest BCUT2D eigenvalue weighted by Gasteiger charge is -2.49. The lowest BCUT2D eigenvalue weighted by Crippen LogP contribution is -2.59. The summed E-state index contributed by atoms with van der Waals surface area (Å²) < 4.78 is 5.29. The molecule has 0 heterocycles. The Balaban J connectivity index is 1.69. The average molecular weight is 212 g/mol. The quantitative estimate of drug-likeness (QED) is 0.742. The molecule has 0 radical (unpaired) electrons. The number of rotatable bonds is 5. The molecule has 2 rings (SSSR count). The van der Waals surface area contributed by atoms with Crippen molar-refractivity contribution in [1.82, 2.24) is 10.2 Å². The summed E-state index contributed by atoms with van der Waals surface area (Å²) >= 11 is 0. The molecule has 2 aliphatic carbocycles. The van der Waals surface area contributed by atoms with Crippen LogP contribution in [0.2, 0.25) is 0 Å². The molecule has 0 aliphatic heterocycles. The molecule has 0 unspecified atom stereocenters. The van der Waals surface area contributed by atoms with E-state index < -0.39 is 0 Å². The van der Waals surface area contributed by atoms with E-state index in [1.807, 2.05) is 7.11 Å². The summed E-state index contributed by atoms with van der Waals surface area (Å²) in [5, 5.41) is 3.69. The van der Waals surface area contributed by atoms with E-state index in [1.54, 1.807) is 0 Å². The van der Waals surface area contributed by atoms with Crippen LogP contribution in [0.3, 0.4) is 0 Å². The van der Waals surface area contributed by atoms with Crippen LogP contribution >= 0.6 is 0 Å². The van der Waals surface area contributed by atoms with Crippen molar-refractivity contribution in [2.45, 2.75) is 49.8 Å². The largest absolute Gasteiger partial charge is 0.381 e. The highest BCUT2D eigenvalue weighted by molar-refractivity contribution is 4.99. The molecule has 0 spiro atoms. The SMILES string of the molecule is COC1CC(NCC2(N(C)C)CCC2)C1. The Bertz CT molecular complexity index is 208. The van der Waals surface area contributed by atoms with E-state index in [-0.39, 0.29) is 0 Å². The van der Waals surface area contributed by atoms with Crippen molar-refractivity contribution in [1.29, 1.82) is 0 Å². The van der Waals surface area contributed by atoms with Crippen LogP contribution < -0.4 is 5.32 Å². The van der Waals surface area contributed by atoms with E-state index in [4.69, 9.17) is 4.74 Å². The molecule has 0 aromatic rings. The van der Waals surface area contributed by atoms with E-state index in [2.05, 4.69) is 24.3 Å². The van der Waals surface area contributed by atoms with Gasteiger partial charge in [0.25, 0.3) is 0 Å². The van der Waals surface area contributed by atoms with Gasteiger partial charge in [-0.1, -0.05) is 0 Å². The molecular formula is C12H24N2O. The Morgan fingerprint density at radius 2 is 2.00 bits per heavy atom. The zero-order valence-corrected chi connectivity index (χ0v) is 10.3. The maximum atomic E-state index is 5.29. The van der Waals surface area contributed by atoms with Crippen LogP contribution in [0.5, 0.6) is 0 Å². The molecule has 0 saturated heterocycles. The fourth-order valence-electron chi connectivity index (χ4n) is 2.63. The maximum absolute atomic E-state index is 5.29. The molecule has 3 nitrogen and oxygen atoms in total. The predicted molar refractivity (Wildman–Crippen MR) is 62.1 cm³/mol. The van der Waals surface area contributed by atoms with Gasteiger partial charge in [0.1, 0.15) is 0 Å². The van der Waals surface area contributed by atoms with E-state index >= 15 is 0 Å². The standard InChI is InChI=1S/C12H24N2O/c1-14(2)12(5-4-6-12)9-13-10-7-11(8-10)15-3/h10-11,13H,4-9H2,1-3H3. The second-order valence-corrected chi connectivity index (χ2v) is 5.38. The molecule has 0 aromatic carbocycles. The summed E-state index contributed by atoms with van der Waals surface area (Å²) in [6.07, 6.45) is 7.01. The minimum absolute atomic E-state index is 0.457. The molecule has 2 saturated carbocycles. The zero-order chi connectivity index (χ0) is 10.9. The molecule has 2 fully saturated rings. The average Bonchev–Trinajstić information content (AvgIpc) is 2.05. The Labute approximate surface area is 93.2 Å². The number of methoxy groups -OCH3 is 1. The van der Waals surface area contributed by atoms with Crippen LogP contribution in [0.1, 0.15) is 32.1 Å². The molecule has 1 N–H and O–H groups in total. The lowest BCUT2D eigenvalue weighted by atomic mass is 9.75. The smallest absolute Gasteiger partial charge is 0.0601 e. The van der Waals surface area contributed by atoms with Gasteiger partial charge in [0.15, 0.2) is 0 Å².